The second-order valence-corrected chi connectivity index (χ2v) is 3.44. The van der Waals surface area contributed by atoms with E-state index in [1.807, 2.05) is 0 Å². The molecular formula is C8H5BrF5NO. The van der Waals surface area contributed by atoms with E-state index in [1.165, 1.54) is 4.98 Å². The number of hydrogen-bond acceptors (Lipinski definition) is 1. The minimum absolute atomic E-state index is 0.328. The summed E-state index contributed by atoms with van der Waals surface area (Å²) < 4.78 is 62.3. The van der Waals surface area contributed by atoms with Crippen LogP contribution in [0.1, 0.15) is 23.2 Å². The highest BCUT2D eigenvalue weighted by Crippen LogP contribution is 2.37. The Balaban J connectivity index is 3.58. The molecule has 0 spiro atoms. The second-order valence-electron chi connectivity index (χ2n) is 2.88. The fourth-order valence-corrected chi connectivity index (χ4v) is 1.68. The minimum Gasteiger partial charge on any atom is -0.321 e. The first-order valence-corrected chi connectivity index (χ1v) is 5.07. The van der Waals surface area contributed by atoms with Crippen molar-refractivity contribution in [3.8, 4) is 0 Å². The molecule has 1 aromatic heterocycles. The summed E-state index contributed by atoms with van der Waals surface area (Å²) in [6.07, 6.45) is -8.32. The second kappa shape index (κ2) is 4.52. The van der Waals surface area contributed by atoms with Gasteiger partial charge in [-0.05, 0) is 5.56 Å². The SMILES string of the molecule is O=c1cc(CBr)c(C(F)(F)F)c(C(F)F)[nH]1. The average Bonchev–Trinajstić information content (AvgIpc) is 2.14. The molecule has 0 unspecified atom stereocenters. The summed E-state index contributed by atoms with van der Waals surface area (Å²) in [7, 11) is 0. The lowest BCUT2D eigenvalue weighted by Gasteiger charge is -2.15. The van der Waals surface area contributed by atoms with E-state index in [-0.39, 0.29) is 5.33 Å². The Morgan fingerprint density at radius 2 is 1.94 bits per heavy atom. The van der Waals surface area contributed by atoms with Crippen LogP contribution in [-0.4, -0.2) is 4.98 Å². The van der Waals surface area contributed by atoms with Crippen molar-refractivity contribution in [3.05, 3.63) is 33.2 Å². The zero-order chi connectivity index (χ0) is 12.5. The molecule has 0 aliphatic rings. The average molecular weight is 306 g/mol. The summed E-state index contributed by atoms with van der Waals surface area (Å²) >= 11 is 2.72. The quantitative estimate of drug-likeness (QED) is 0.660. The number of aromatic amines is 1. The number of halogens is 6. The fraction of sp³-hybridized carbons (Fsp3) is 0.375. The van der Waals surface area contributed by atoms with Gasteiger partial charge in [-0.15, -0.1) is 0 Å². The molecule has 90 valence electrons. The molecule has 0 fully saturated rings. The number of rotatable bonds is 2. The Labute approximate surface area is 94.6 Å². The highest BCUT2D eigenvalue weighted by atomic mass is 79.9. The zero-order valence-electron chi connectivity index (χ0n) is 7.54. The van der Waals surface area contributed by atoms with Crippen LogP contribution in [-0.2, 0) is 11.5 Å². The fourth-order valence-electron chi connectivity index (χ4n) is 1.24. The lowest BCUT2D eigenvalue weighted by atomic mass is 10.1. The van der Waals surface area contributed by atoms with Crippen molar-refractivity contribution in [1.82, 2.24) is 4.98 Å². The zero-order valence-corrected chi connectivity index (χ0v) is 9.12. The first-order valence-electron chi connectivity index (χ1n) is 3.94. The highest BCUT2D eigenvalue weighted by Gasteiger charge is 2.38. The van der Waals surface area contributed by atoms with E-state index in [1.54, 1.807) is 0 Å². The molecule has 0 aromatic carbocycles. The summed E-state index contributed by atoms with van der Waals surface area (Å²) in [5.41, 5.74) is -4.38. The standard InChI is InChI=1S/C8H5BrF5NO/c9-2-3-1-4(16)15-6(7(10)11)5(3)8(12,13)14/h1,7H,2H2,(H,15,16). The molecular weight excluding hydrogens is 301 g/mol. The van der Waals surface area contributed by atoms with Crippen molar-refractivity contribution in [2.24, 2.45) is 0 Å². The van der Waals surface area contributed by atoms with Gasteiger partial charge in [-0.1, -0.05) is 15.9 Å². The number of pyridine rings is 1. The van der Waals surface area contributed by atoms with Crippen molar-refractivity contribution in [3.63, 3.8) is 0 Å². The van der Waals surface area contributed by atoms with E-state index in [4.69, 9.17) is 0 Å². The van der Waals surface area contributed by atoms with Crippen molar-refractivity contribution in [1.29, 1.82) is 0 Å². The highest BCUT2D eigenvalue weighted by molar-refractivity contribution is 9.08. The van der Waals surface area contributed by atoms with Crippen molar-refractivity contribution >= 4 is 15.9 Å². The van der Waals surface area contributed by atoms with Crippen molar-refractivity contribution in [2.45, 2.75) is 17.9 Å². The van der Waals surface area contributed by atoms with Gasteiger partial charge in [0.05, 0.1) is 11.3 Å². The number of aromatic nitrogens is 1. The van der Waals surface area contributed by atoms with Gasteiger partial charge in [0, 0.05) is 11.4 Å². The molecule has 0 amide bonds. The number of alkyl halides is 6. The van der Waals surface area contributed by atoms with Crippen molar-refractivity contribution in [2.75, 3.05) is 0 Å². The monoisotopic (exact) mass is 305 g/mol. The Kier molecular flexibility index (Phi) is 3.72. The maximum atomic E-state index is 12.5. The van der Waals surface area contributed by atoms with E-state index >= 15 is 0 Å². The Bertz CT molecular complexity index is 439. The number of hydrogen-bond donors (Lipinski definition) is 1. The third-order valence-electron chi connectivity index (χ3n) is 1.80. The topological polar surface area (TPSA) is 32.9 Å². The number of nitrogens with one attached hydrogen (secondary N) is 1. The largest absolute Gasteiger partial charge is 0.418 e. The van der Waals surface area contributed by atoms with Crippen LogP contribution >= 0.6 is 15.9 Å². The molecule has 0 bridgehead atoms. The van der Waals surface area contributed by atoms with Gasteiger partial charge in [0.25, 0.3) is 6.43 Å². The van der Waals surface area contributed by atoms with Crippen LogP contribution in [0.5, 0.6) is 0 Å². The third kappa shape index (κ3) is 2.60. The molecule has 1 heterocycles. The maximum Gasteiger partial charge on any atom is 0.418 e. The van der Waals surface area contributed by atoms with Crippen LogP contribution in [0.3, 0.4) is 0 Å². The van der Waals surface area contributed by atoms with E-state index in [2.05, 4.69) is 15.9 Å². The maximum absolute atomic E-state index is 12.5. The van der Waals surface area contributed by atoms with E-state index in [9.17, 15) is 26.7 Å². The summed E-state index contributed by atoms with van der Waals surface area (Å²) in [5, 5.41) is -0.328. The predicted octanol–water partition coefficient (Wildman–Crippen LogP) is 3.23. The molecule has 0 atom stereocenters. The van der Waals surface area contributed by atoms with Gasteiger partial charge in [-0.3, -0.25) is 4.79 Å². The molecule has 1 aromatic rings. The predicted molar refractivity (Wildman–Crippen MR) is 49.7 cm³/mol. The minimum atomic E-state index is -4.93. The lowest BCUT2D eigenvalue weighted by Crippen LogP contribution is -2.20. The molecule has 0 aliphatic carbocycles. The molecule has 1 rings (SSSR count). The molecule has 0 saturated heterocycles. The molecule has 2 nitrogen and oxygen atoms in total. The van der Waals surface area contributed by atoms with E-state index in [0.717, 1.165) is 0 Å². The molecule has 16 heavy (non-hydrogen) atoms. The van der Waals surface area contributed by atoms with Gasteiger partial charge >= 0.3 is 6.18 Å². The summed E-state index contributed by atoms with van der Waals surface area (Å²) in [5.74, 6) is 0. The Hall–Kier alpha value is -0.920. The smallest absolute Gasteiger partial charge is 0.321 e. The Morgan fingerprint density at radius 1 is 1.38 bits per heavy atom. The molecule has 0 aliphatic heterocycles. The lowest BCUT2D eigenvalue weighted by molar-refractivity contribution is -0.140. The summed E-state index contributed by atoms with van der Waals surface area (Å²) in [6, 6.07) is 0.642. The summed E-state index contributed by atoms with van der Waals surface area (Å²) in [4.78, 5) is 12.4. The molecule has 0 saturated carbocycles. The first-order chi connectivity index (χ1) is 7.27. The number of H-pyrrole nitrogens is 1. The van der Waals surface area contributed by atoms with Gasteiger partial charge in [-0.25, -0.2) is 8.78 Å². The van der Waals surface area contributed by atoms with E-state index in [0.29, 0.717) is 6.07 Å². The normalized spacial score (nSPS) is 12.2. The van der Waals surface area contributed by atoms with Crippen LogP contribution < -0.4 is 5.56 Å². The Morgan fingerprint density at radius 3 is 2.31 bits per heavy atom. The van der Waals surface area contributed by atoms with Crippen LogP contribution in [0.2, 0.25) is 0 Å². The van der Waals surface area contributed by atoms with Gasteiger partial charge < -0.3 is 4.98 Å². The molecule has 0 radical (unpaired) electrons. The van der Waals surface area contributed by atoms with Gasteiger partial charge in [0.2, 0.25) is 5.56 Å². The summed E-state index contributed by atoms with van der Waals surface area (Å²) in [6.45, 7) is 0. The van der Waals surface area contributed by atoms with Crippen LogP contribution in [0.15, 0.2) is 10.9 Å². The van der Waals surface area contributed by atoms with Crippen LogP contribution in [0.25, 0.3) is 0 Å². The van der Waals surface area contributed by atoms with Gasteiger partial charge in [0.1, 0.15) is 0 Å². The van der Waals surface area contributed by atoms with Crippen LogP contribution in [0, 0.1) is 0 Å². The molecule has 8 heteroatoms. The van der Waals surface area contributed by atoms with E-state index < -0.39 is 35.0 Å². The van der Waals surface area contributed by atoms with Gasteiger partial charge in [-0.2, -0.15) is 13.2 Å². The van der Waals surface area contributed by atoms with Gasteiger partial charge in [0.15, 0.2) is 0 Å². The first kappa shape index (κ1) is 13.1. The van der Waals surface area contributed by atoms with Crippen LogP contribution in [0.4, 0.5) is 22.0 Å². The van der Waals surface area contributed by atoms with Crippen molar-refractivity contribution < 1.29 is 22.0 Å². The third-order valence-corrected chi connectivity index (χ3v) is 2.40. The molecule has 1 N–H and O–H groups in total.